The van der Waals surface area contributed by atoms with Gasteiger partial charge in [0.15, 0.2) is 0 Å². The molecule has 0 saturated carbocycles. The van der Waals surface area contributed by atoms with Crippen LogP contribution in [0.5, 0.6) is 0 Å². The topological polar surface area (TPSA) is 55.8 Å². The SMILES string of the molecule is CC(C)(C)OC(=O)N1C(=O)C=C[C@@H]1COCc1ccccc1. The predicted octanol–water partition coefficient (Wildman–Crippen LogP) is 2.91. The summed E-state index contributed by atoms with van der Waals surface area (Å²) in [6.07, 6.45) is 2.40. The highest BCUT2D eigenvalue weighted by Gasteiger charge is 2.34. The molecule has 1 aromatic rings. The first-order chi connectivity index (χ1) is 10.4. The molecule has 1 aliphatic heterocycles. The Labute approximate surface area is 130 Å². The van der Waals surface area contributed by atoms with Gasteiger partial charge < -0.3 is 9.47 Å². The summed E-state index contributed by atoms with van der Waals surface area (Å²) in [5, 5.41) is 0. The molecule has 0 spiro atoms. The summed E-state index contributed by atoms with van der Waals surface area (Å²) in [6.45, 7) is 5.97. The van der Waals surface area contributed by atoms with Gasteiger partial charge in [-0.1, -0.05) is 36.4 Å². The molecule has 2 amide bonds. The minimum atomic E-state index is -0.643. The molecule has 5 nitrogen and oxygen atoms in total. The number of hydrogen-bond donors (Lipinski definition) is 0. The molecule has 0 fully saturated rings. The first-order valence-electron chi connectivity index (χ1n) is 7.23. The van der Waals surface area contributed by atoms with Gasteiger partial charge in [-0.25, -0.2) is 9.69 Å². The Bertz CT molecular complexity index is 560. The van der Waals surface area contributed by atoms with Gasteiger partial charge in [-0.2, -0.15) is 0 Å². The predicted molar refractivity (Wildman–Crippen MR) is 82.1 cm³/mol. The van der Waals surface area contributed by atoms with Crippen molar-refractivity contribution in [1.29, 1.82) is 0 Å². The van der Waals surface area contributed by atoms with Crippen molar-refractivity contribution in [2.24, 2.45) is 0 Å². The van der Waals surface area contributed by atoms with E-state index in [2.05, 4.69) is 0 Å². The lowest BCUT2D eigenvalue weighted by Crippen LogP contribution is -2.44. The van der Waals surface area contributed by atoms with E-state index in [0.29, 0.717) is 6.61 Å². The van der Waals surface area contributed by atoms with Crippen LogP contribution >= 0.6 is 0 Å². The van der Waals surface area contributed by atoms with Crippen molar-refractivity contribution in [2.45, 2.75) is 39.0 Å². The molecule has 5 heteroatoms. The molecule has 1 heterocycles. The zero-order valence-electron chi connectivity index (χ0n) is 13.1. The van der Waals surface area contributed by atoms with E-state index < -0.39 is 17.7 Å². The van der Waals surface area contributed by atoms with Gasteiger partial charge >= 0.3 is 6.09 Å². The van der Waals surface area contributed by atoms with E-state index in [0.717, 1.165) is 10.5 Å². The molecule has 22 heavy (non-hydrogen) atoms. The summed E-state index contributed by atoms with van der Waals surface area (Å²) >= 11 is 0. The second-order valence-corrected chi connectivity index (χ2v) is 6.12. The summed E-state index contributed by atoms with van der Waals surface area (Å²) in [5.41, 5.74) is 0.398. The molecule has 1 aromatic carbocycles. The minimum absolute atomic E-state index is 0.246. The summed E-state index contributed by atoms with van der Waals surface area (Å²) in [6, 6.07) is 9.30. The van der Waals surface area contributed by atoms with Crippen LogP contribution in [0.4, 0.5) is 4.79 Å². The maximum absolute atomic E-state index is 12.1. The van der Waals surface area contributed by atoms with Crippen LogP contribution in [0.2, 0.25) is 0 Å². The quantitative estimate of drug-likeness (QED) is 0.858. The normalized spacial score (nSPS) is 17.9. The van der Waals surface area contributed by atoms with E-state index in [-0.39, 0.29) is 12.5 Å². The Morgan fingerprint density at radius 3 is 2.55 bits per heavy atom. The molecule has 0 N–H and O–H groups in total. The first-order valence-corrected chi connectivity index (χ1v) is 7.23. The van der Waals surface area contributed by atoms with E-state index in [9.17, 15) is 9.59 Å². The van der Waals surface area contributed by atoms with Gasteiger partial charge in [-0.3, -0.25) is 4.79 Å². The van der Waals surface area contributed by atoms with Gasteiger partial charge in [0.25, 0.3) is 5.91 Å². The molecular formula is C17H21NO4. The molecular weight excluding hydrogens is 282 g/mol. The fourth-order valence-electron chi connectivity index (χ4n) is 2.06. The molecule has 0 aliphatic carbocycles. The Kier molecular flexibility index (Phi) is 4.98. The first kappa shape index (κ1) is 16.2. The lowest BCUT2D eigenvalue weighted by molar-refractivity contribution is -0.126. The Morgan fingerprint density at radius 2 is 1.91 bits per heavy atom. The second-order valence-electron chi connectivity index (χ2n) is 6.12. The van der Waals surface area contributed by atoms with Crippen LogP contribution in [-0.4, -0.2) is 35.2 Å². The van der Waals surface area contributed by atoms with Crippen molar-refractivity contribution in [2.75, 3.05) is 6.61 Å². The second kappa shape index (κ2) is 6.75. The van der Waals surface area contributed by atoms with Gasteiger partial charge in [-0.05, 0) is 26.3 Å². The molecule has 1 atom stereocenters. The highest BCUT2D eigenvalue weighted by Crippen LogP contribution is 2.17. The molecule has 0 aromatic heterocycles. The van der Waals surface area contributed by atoms with Gasteiger partial charge in [0.2, 0.25) is 0 Å². The number of imide groups is 1. The molecule has 0 unspecified atom stereocenters. The van der Waals surface area contributed by atoms with Gasteiger partial charge in [-0.15, -0.1) is 0 Å². The summed E-state index contributed by atoms with van der Waals surface area (Å²) in [7, 11) is 0. The number of amides is 2. The smallest absolute Gasteiger partial charge is 0.417 e. The van der Waals surface area contributed by atoms with Crippen molar-refractivity contribution in [3.05, 3.63) is 48.0 Å². The Balaban J connectivity index is 1.90. The van der Waals surface area contributed by atoms with E-state index in [1.54, 1.807) is 26.8 Å². The lowest BCUT2D eigenvalue weighted by Gasteiger charge is -2.27. The maximum Gasteiger partial charge on any atom is 0.417 e. The lowest BCUT2D eigenvalue weighted by atomic mass is 10.2. The molecule has 0 saturated heterocycles. The van der Waals surface area contributed by atoms with Crippen LogP contribution < -0.4 is 0 Å². The maximum atomic E-state index is 12.1. The third-order valence-electron chi connectivity index (χ3n) is 3.02. The van der Waals surface area contributed by atoms with Crippen LogP contribution in [-0.2, 0) is 20.9 Å². The van der Waals surface area contributed by atoms with Crippen molar-refractivity contribution < 1.29 is 19.1 Å². The van der Waals surface area contributed by atoms with Crippen molar-refractivity contribution in [1.82, 2.24) is 4.90 Å². The monoisotopic (exact) mass is 303 g/mol. The van der Waals surface area contributed by atoms with Crippen molar-refractivity contribution in [3.63, 3.8) is 0 Å². The van der Waals surface area contributed by atoms with E-state index in [4.69, 9.17) is 9.47 Å². The third-order valence-corrected chi connectivity index (χ3v) is 3.02. The standard InChI is InChI=1S/C17H21NO4/c1-17(2,3)22-16(20)18-14(9-10-15(18)19)12-21-11-13-7-5-4-6-8-13/h4-10,14H,11-12H2,1-3H3/t14-/m1/s1. The Hall–Kier alpha value is -2.14. The molecule has 0 radical (unpaired) electrons. The average molecular weight is 303 g/mol. The minimum Gasteiger partial charge on any atom is -0.443 e. The highest BCUT2D eigenvalue weighted by molar-refractivity contribution is 6.01. The average Bonchev–Trinajstić information content (AvgIpc) is 2.79. The highest BCUT2D eigenvalue weighted by atomic mass is 16.6. The molecule has 2 rings (SSSR count). The van der Waals surface area contributed by atoms with Crippen molar-refractivity contribution >= 4 is 12.0 Å². The number of benzene rings is 1. The van der Waals surface area contributed by atoms with Crippen LogP contribution in [0.1, 0.15) is 26.3 Å². The Morgan fingerprint density at radius 1 is 1.23 bits per heavy atom. The summed E-state index contributed by atoms with van der Waals surface area (Å²) < 4.78 is 10.9. The summed E-state index contributed by atoms with van der Waals surface area (Å²) in [4.78, 5) is 25.0. The largest absolute Gasteiger partial charge is 0.443 e. The molecule has 0 bridgehead atoms. The molecule has 118 valence electrons. The third kappa shape index (κ3) is 4.43. The van der Waals surface area contributed by atoms with Crippen LogP contribution in [0.15, 0.2) is 42.5 Å². The van der Waals surface area contributed by atoms with Gasteiger partial charge in [0, 0.05) is 6.08 Å². The number of nitrogens with zero attached hydrogens (tertiary/aromatic N) is 1. The van der Waals surface area contributed by atoms with Gasteiger partial charge in [0.1, 0.15) is 5.60 Å². The zero-order chi connectivity index (χ0) is 16.2. The number of ether oxygens (including phenoxy) is 2. The number of carbonyl (C=O) groups is 2. The zero-order valence-corrected chi connectivity index (χ0v) is 13.1. The van der Waals surface area contributed by atoms with E-state index >= 15 is 0 Å². The number of carbonyl (C=O) groups excluding carboxylic acids is 2. The van der Waals surface area contributed by atoms with Crippen LogP contribution in [0, 0.1) is 0 Å². The van der Waals surface area contributed by atoms with Crippen LogP contribution in [0.3, 0.4) is 0 Å². The van der Waals surface area contributed by atoms with Gasteiger partial charge in [0.05, 0.1) is 19.3 Å². The fourth-order valence-corrected chi connectivity index (χ4v) is 2.06. The van der Waals surface area contributed by atoms with Crippen LogP contribution in [0.25, 0.3) is 0 Å². The summed E-state index contributed by atoms with van der Waals surface area (Å²) in [5.74, 6) is -0.373. The molecule has 1 aliphatic rings. The number of rotatable bonds is 4. The van der Waals surface area contributed by atoms with E-state index in [1.807, 2.05) is 30.3 Å². The number of hydrogen-bond acceptors (Lipinski definition) is 4. The van der Waals surface area contributed by atoms with E-state index in [1.165, 1.54) is 6.08 Å². The fraction of sp³-hybridized carbons (Fsp3) is 0.412. The van der Waals surface area contributed by atoms with Crippen molar-refractivity contribution in [3.8, 4) is 0 Å².